The fourth-order valence-electron chi connectivity index (χ4n) is 3.55. The van der Waals surface area contributed by atoms with Crippen molar-refractivity contribution >= 4 is 0 Å². The average Bonchev–Trinajstić information content (AvgIpc) is 2.37. The monoisotopic (exact) mass is 277 g/mol. The molecule has 0 saturated carbocycles. The first-order chi connectivity index (χ1) is 9.50. The molecule has 3 heteroatoms. The third kappa shape index (κ3) is 3.11. The summed E-state index contributed by atoms with van der Waals surface area (Å²) >= 11 is 0. The van der Waals surface area contributed by atoms with Crippen molar-refractivity contribution in [2.24, 2.45) is 0 Å². The number of hydrogen-bond acceptors (Lipinski definition) is 3. The van der Waals surface area contributed by atoms with E-state index in [1.165, 1.54) is 5.06 Å². The SMILES string of the molecule is C=CCC1(CC=C)CC(O)CC(CC=C)(CC=C)N1O. The molecule has 2 N–H and O–H groups in total. The van der Waals surface area contributed by atoms with E-state index in [4.69, 9.17) is 0 Å². The van der Waals surface area contributed by atoms with E-state index in [1.807, 2.05) is 0 Å². The van der Waals surface area contributed by atoms with Gasteiger partial charge in [-0.25, -0.2) is 0 Å². The molecule has 1 rings (SSSR count). The summed E-state index contributed by atoms with van der Waals surface area (Å²) in [6.45, 7) is 15.1. The maximum absolute atomic E-state index is 10.9. The van der Waals surface area contributed by atoms with Crippen LogP contribution in [0.25, 0.3) is 0 Å². The highest BCUT2D eigenvalue weighted by atomic mass is 16.5. The zero-order chi connectivity index (χ0) is 15.2. The second-order valence-electron chi connectivity index (χ2n) is 5.79. The molecule has 1 fully saturated rings. The minimum absolute atomic E-state index is 0.460. The molecule has 1 saturated heterocycles. The van der Waals surface area contributed by atoms with Gasteiger partial charge in [0.15, 0.2) is 0 Å². The van der Waals surface area contributed by atoms with E-state index in [9.17, 15) is 10.3 Å². The number of rotatable bonds is 8. The highest BCUT2D eigenvalue weighted by Crippen LogP contribution is 2.45. The molecule has 0 aromatic carbocycles. The molecule has 1 heterocycles. The molecular formula is C17H27NO2. The van der Waals surface area contributed by atoms with Gasteiger partial charge in [-0.1, -0.05) is 24.3 Å². The van der Waals surface area contributed by atoms with Gasteiger partial charge < -0.3 is 10.3 Å². The topological polar surface area (TPSA) is 43.7 Å². The lowest BCUT2D eigenvalue weighted by Crippen LogP contribution is -2.64. The van der Waals surface area contributed by atoms with Crippen molar-refractivity contribution in [1.82, 2.24) is 5.06 Å². The Balaban J connectivity index is 3.24. The van der Waals surface area contributed by atoms with E-state index in [1.54, 1.807) is 24.3 Å². The zero-order valence-corrected chi connectivity index (χ0v) is 12.3. The fourth-order valence-corrected chi connectivity index (χ4v) is 3.55. The van der Waals surface area contributed by atoms with E-state index in [0.717, 1.165) is 0 Å². The Hall–Kier alpha value is -1.16. The first kappa shape index (κ1) is 16.9. The maximum Gasteiger partial charge on any atom is 0.0577 e. The van der Waals surface area contributed by atoms with Crippen molar-refractivity contribution in [3.8, 4) is 0 Å². The standard InChI is InChI=1S/C17H27NO2/c1-5-9-16(10-6-2)13-15(19)14-17(11-7-3,12-8-4)18(16)20/h5-8,15,19-20H,1-4,9-14H2. The van der Waals surface area contributed by atoms with Gasteiger partial charge in [0.1, 0.15) is 0 Å². The van der Waals surface area contributed by atoms with Crippen LogP contribution in [-0.4, -0.2) is 32.6 Å². The van der Waals surface area contributed by atoms with Gasteiger partial charge in [-0.05, 0) is 38.5 Å². The van der Waals surface area contributed by atoms with Gasteiger partial charge in [-0.3, -0.25) is 0 Å². The first-order valence-corrected chi connectivity index (χ1v) is 7.11. The number of hydrogen-bond donors (Lipinski definition) is 2. The minimum Gasteiger partial charge on any atom is -0.393 e. The molecule has 0 unspecified atom stereocenters. The normalized spacial score (nSPS) is 22.1. The smallest absolute Gasteiger partial charge is 0.0577 e. The average molecular weight is 277 g/mol. The highest BCUT2D eigenvalue weighted by molar-refractivity contribution is 5.11. The Bertz CT molecular complexity index is 321. The van der Waals surface area contributed by atoms with Crippen LogP contribution in [0.5, 0.6) is 0 Å². The van der Waals surface area contributed by atoms with Crippen molar-refractivity contribution in [3.05, 3.63) is 50.6 Å². The van der Waals surface area contributed by atoms with Crippen LogP contribution in [-0.2, 0) is 0 Å². The van der Waals surface area contributed by atoms with E-state index in [2.05, 4.69) is 26.3 Å². The third-order valence-corrected chi connectivity index (χ3v) is 4.23. The zero-order valence-electron chi connectivity index (χ0n) is 12.3. The fraction of sp³-hybridized carbons (Fsp3) is 0.529. The summed E-state index contributed by atoms with van der Waals surface area (Å²) in [5.41, 5.74) is -1.10. The lowest BCUT2D eigenvalue weighted by atomic mass is 9.71. The summed E-state index contributed by atoms with van der Waals surface area (Å²) in [4.78, 5) is 0. The molecule has 0 aliphatic carbocycles. The Morgan fingerprint density at radius 1 is 0.850 bits per heavy atom. The molecule has 1 aliphatic heterocycles. The summed E-state index contributed by atoms with van der Waals surface area (Å²) in [5.74, 6) is 0. The van der Waals surface area contributed by atoms with Gasteiger partial charge in [-0.2, -0.15) is 5.06 Å². The number of aliphatic hydroxyl groups excluding tert-OH is 1. The van der Waals surface area contributed by atoms with Gasteiger partial charge >= 0.3 is 0 Å². The molecule has 0 aromatic heterocycles. The summed E-state index contributed by atoms with van der Waals surface area (Å²) < 4.78 is 0. The minimum atomic E-state index is -0.548. The molecule has 0 aromatic rings. The summed E-state index contributed by atoms with van der Waals surface area (Å²) in [6, 6.07) is 0. The van der Waals surface area contributed by atoms with Crippen molar-refractivity contribution in [2.45, 2.75) is 55.7 Å². The summed E-state index contributed by atoms with van der Waals surface area (Å²) in [7, 11) is 0. The quantitative estimate of drug-likeness (QED) is 0.666. The second kappa shape index (κ2) is 7.02. The highest BCUT2D eigenvalue weighted by Gasteiger charge is 2.52. The predicted molar refractivity (Wildman–Crippen MR) is 83.6 cm³/mol. The molecule has 20 heavy (non-hydrogen) atoms. The lowest BCUT2D eigenvalue weighted by molar-refractivity contribution is -0.274. The van der Waals surface area contributed by atoms with Crippen LogP contribution in [0.3, 0.4) is 0 Å². The van der Waals surface area contributed by atoms with E-state index < -0.39 is 17.2 Å². The maximum atomic E-state index is 10.9. The lowest BCUT2D eigenvalue weighted by Gasteiger charge is -2.55. The first-order valence-electron chi connectivity index (χ1n) is 7.11. The largest absolute Gasteiger partial charge is 0.393 e. The van der Waals surface area contributed by atoms with Gasteiger partial charge in [0.05, 0.1) is 17.2 Å². The van der Waals surface area contributed by atoms with Gasteiger partial charge in [-0.15, -0.1) is 26.3 Å². The number of piperidine rings is 1. The van der Waals surface area contributed by atoms with Crippen LogP contribution in [0.15, 0.2) is 50.6 Å². The predicted octanol–water partition coefficient (Wildman–Crippen LogP) is 3.61. The number of nitrogens with zero attached hydrogens (tertiary/aromatic N) is 1. The number of hydroxylamine groups is 2. The van der Waals surface area contributed by atoms with Crippen LogP contribution < -0.4 is 0 Å². The molecule has 0 bridgehead atoms. The van der Waals surface area contributed by atoms with Crippen LogP contribution >= 0.6 is 0 Å². The van der Waals surface area contributed by atoms with E-state index >= 15 is 0 Å². The Kier molecular flexibility index (Phi) is 5.93. The van der Waals surface area contributed by atoms with Crippen LogP contribution in [0.2, 0.25) is 0 Å². The molecule has 0 amide bonds. The molecule has 0 atom stereocenters. The van der Waals surface area contributed by atoms with Crippen LogP contribution in [0.4, 0.5) is 0 Å². The van der Waals surface area contributed by atoms with Crippen molar-refractivity contribution in [1.29, 1.82) is 0 Å². The summed E-state index contributed by atoms with van der Waals surface area (Å²) in [5, 5.41) is 22.7. The van der Waals surface area contributed by atoms with E-state index in [-0.39, 0.29) is 0 Å². The van der Waals surface area contributed by atoms with Gasteiger partial charge in [0, 0.05) is 0 Å². The molecule has 112 valence electrons. The van der Waals surface area contributed by atoms with Crippen molar-refractivity contribution in [3.63, 3.8) is 0 Å². The molecule has 0 spiro atoms. The van der Waals surface area contributed by atoms with Gasteiger partial charge in [0.25, 0.3) is 0 Å². The molecule has 0 radical (unpaired) electrons. The van der Waals surface area contributed by atoms with Crippen LogP contribution in [0, 0.1) is 0 Å². The Morgan fingerprint density at radius 2 is 1.15 bits per heavy atom. The van der Waals surface area contributed by atoms with Crippen molar-refractivity contribution in [2.75, 3.05) is 0 Å². The summed E-state index contributed by atoms with van der Waals surface area (Å²) in [6.07, 6.45) is 10.1. The number of aliphatic hydroxyl groups is 1. The van der Waals surface area contributed by atoms with E-state index in [0.29, 0.717) is 38.5 Å². The van der Waals surface area contributed by atoms with Crippen LogP contribution in [0.1, 0.15) is 38.5 Å². The molecule has 1 aliphatic rings. The molecule has 3 nitrogen and oxygen atoms in total. The van der Waals surface area contributed by atoms with Gasteiger partial charge in [0.2, 0.25) is 0 Å². The molecular weight excluding hydrogens is 250 g/mol. The third-order valence-electron chi connectivity index (χ3n) is 4.23. The Labute approximate surface area is 122 Å². The van der Waals surface area contributed by atoms with Crippen molar-refractivity contribution < 1.29 is 10.3 Å². The Morgan fingerprint density at radius 3 is 1.40 bits per heavy atom. The second-order valence-corrected chi connectivity index (χ2v) is 5.79.